The van der Waals surface area contributed by atoms with Gasteiger partial charge in [0.05, 0.1) is 18.8 Å². The van der Waals surface area contributed by atoms with Crippen LogP contribution in [-0.4, -0.2) is 25.7 Å². The number of Topliss-reactive ketones (excluding diaryl/α,β-unsaturated/α-hetero) is 1. The number of aryl methyl sites for hydroxylation is 2. The fourth-order valence-electron chi connectivity index (χ4n) is 2.28. The first-order chi connectivity index (χ1) is 12.1. The molecule has 0 fully saturated rings. The van der Waals surface area contributed by atoms with Crippen LogP contribution < -0.4 is 4.74 Å². The van der Waals surface area contributed by atoms with Crippen molar-refractivity contribution in [3.63, 3.8) is 0 Å². The lowest BCUT2D eigenvalue weighted by Gasteiger charge is -2.09. The minimum atomic E-state index is -0.0965. The quantitative estimate of drug-likeness (QED) is 0.643. The number of ketones is 1. The minimum Gasteiger partial charge on any atom is -0.454 e. The Labute approximate surface area is 146 Å². The monoisotopic (exact) mass is 334 g/mol. The third-order valence-corrected chi connectivity index (χ3v) is 3.59. The zero-order valence-corrected chi connectivity index (χ0v) is 14.1. The average molecular weight is 334 g/mol. The number of aromatic nitrogens is 4. The van der Waals surface area contributed by atoms with Crippen LogP contribution in [0, 0.1) is 6.92 Å². The van der Waals surface area contributed by atoms with Crippen molar-refractivity contribution >= 4 is 5.78 Å². The summed E-state index contributed by atoms with van der Waals surface area (Å²) in [4.78, 5) is 29.1. The second-order valence-corrected chi connectivity index (χ2v) is 5.64. The maximum Gasteiger partial charge on any atom is 0.187 e. The molecular weight excluding hydrogens is 316 g/mol. The van der Waals surface area contributed by atoms with E-state index in [4.69, 9.17) is 4.74 Å². The maximum absolute atomic E-state index is 12.6. The van der Waals surface area contributed by atoms with E-state index < -0.39 is 0 Å². The third kappa shape index (κ3) is 4.44. The third-order valence-electron chi connectivity index (χ3n) is 3.59. The number of ether oxygens (including phenoxy) is 1. The van der Waals surface area contributed by atoms with Gasteiger partial charge in [0.1, 0.15) is 17.8 Å². The fourth-order valence-corrected chi connectivity index (χ4v) is 2.28. The molecule has 6 nitrogen and oxygen atoms in total. The van der Waals surface area contributed by atoms with Crippen LogP contribution in [0.4, 0.5) is 0 Å². The van der Waals surface area contributed by atoms with E-state index in [0.717, 1.165) is 17.0 Å². The molecule has 0 aromatic carbocycles. The van der Waals surface area contributed by atoms with Crippen molar-refractivity contribution < 1.29 is 9.53 Å². The summed E-state index contributed by atoms with van der Waals surface area (Å²) in [5.74, 6) is 0.956. The van der Waals surface area contributed by atoms with Gasteiger partial charge in [-0.2, -0.15) is 0 Å². The van der Waals surface area contributed by atoms with Crippen LogP contribution in [0.2, 0.25) is 0 Å². The molecule has 6 heteroatoms. The molecule has 0 unspecified atom stereocenters. The molecule has 3 heterocycles. The van der Waals surface area contributed by atoms with Gasteiger partial charge in [0.2, 0.25) is 0 Å². The van der Waals surface area contributed by atoms with Gasteiger partial charge in [-0.15, -0.1) is 0 Å². The van der Waals surface area contributed by atoms with Crippen molar-refractivity contribution in [2.24, 2.45) is 0 Å². The standard InChI is InChI=1S/C19H18N4O2/c1-3-14-6-16(25-17-10-20-12-21-11-17)8-18(23-14)19(24)7-15-5-4-13(2)9-22-15/h4-6,8-12H,3,7H2,1-2H3. The molecule has 3 rings (SSSR count). The van der Waals surface area contributed by atoms with Crippen molar-refractivity contribution in [2.75, 3.05) is 0 Å². The smallest absolute Gasteiger partial charge is 0.187 e. The molecule has 25 heavy (non-hydrogen) atoms. The van der Waals surface area contributed by atoms with Crippen LogP contribution in [-0.2, 0) is 12.8 Å². The first-order valence-corrected chi connectivity index (χ1v) is 8.02. The SMILES string of the molecule is CCc1cc(Oc2cncnc2)cc(C(=O)Cc2ccc(C)cn2)n1. The second kappa shape index (κ2) is 7.61. The highest BCUT2D eigenvalue weighted by molar-refractivity contribution is 5.95. The van der Waals surface area contributed by atoms with E-state index in [1.165, 1.54) is 6.33 Å². The summed E-state index contributed by atoms with van der Waals surface area (Å²) in [5, 5.41) is 0. The number of hydrogen-bond donors (Lipinski definition) is 0. The highest BCUT2D eigenvalue weighted by atomic mass is 16.5. The van der Waals surface area contributed by atoms with E-state index in [1.54, 1.807) is 24.7 Å². The van der Waals surface area contributed by atoms with Gasteiger partial charge in [0, 0.05) is 29.7 Å². The van der Waals surface area contributed by atoms with E-state index in [-0.39, 0.29) is 12.2 Å². The van der Waals surface area contributed by atoms with Gasteiger partial charge in [-0.1, -0.05) is 13.0 Å². The van der Waals surface area contributed by atoms with Gasteiger partial charge < -0.3 is 4.74 Å². The normalized spacial score (nSPS) is 10.5. The Hall–Kier alpha value is -3.15. The molecule has 0 atom stereocenters. The largest absolute Gasteiger partial charge is 0.454 e. The predicted octanol–water partition coefficient (Wildman–Crippen LogP) is 3.36. The van der Waals surface area contributed by atoms with Gasteiger partial charge in [-0.05, 0) is 25.0 Å². The number of pyridine rings is 2. The van der Waals surface area contributed by atoms with Crippen LogP contribution in [0.25, 0.3) is 0 Å². The van der Waals surface area contributed by atoms with Crippen LogP contribution in [0.1, 0.15) is 34.4 Å². The fraction of sp³-hybridized carbons (Fsp3) is 0.211. The first kappa shape index (κ1) is 16.7. The predicted molar refractivity (Wildman–Crippen MR) is 92.7 cm³/mol. The van der Waals surface area contributed by atoms with Gasteiger partial charge in [-0.25, -0.2) is 15.0 Å². The number of hydrogen-bond acceptors (Lipinski definition) is 6. The lowest BCUT2D eigenvalue weighted by molar-refractivity contribution is 0.0986. The number of carbonyl (C=O) groups excluding carboxylic acids is 1. The maximum atomic E-state index is 12.6. The molecule has 0 aliphatic rings. The summed E-state index contributed by atoms with van der Waals surface area (Å²) in [6.45, 7) is 3.94. The van der Waals surface area contributed by atoms with Crippen LogP contribution >= 0.6 is 0 Å². The molecule has 0 bridgehead atoms. The molecule has 3 aromatic heterocycles. The average Bonchev–Trinajstić information content (AvgIpc) is 2.64. The molecule has 0 saturated carbocycles. The van der Waals surface area contributed by atoms with Crippen molar-refractivity contribution in [1.82, 2.24) is 19.9 Å². The Morgan fingerprint density at radius 2 is 1.84 bits per heavy atom. The van der Waals surface area contributed by atoms with E-state index >= 15 is 0 Å². The summed E-state index contributed by atoms with van der Waals surface area (Å²) in [6.07, 6.45) is 7.22. The number of rotatable bonds is 6. The Morgan fingerprint density at radius 3 is 2.52 bits per heavy atom. The van der Waals surface area contributed by atoms with E-state index in [0.29, 0.717) is 23.6 Å². The molecule has 0 N–H and O–H groups in total. The molecule has 126 valence electrons. The van der Waals surface area contributed by atoms with Crippen molar-refractivity contribution in [1.29, 1.82) is 0 Å². The molecule has 0 aliphatic carbocycles. The zero-order valence-electron chi connectivity index (χ0n) is 14.1. The van der Waals surface area contributed by atoms with Crippen molar-refractivity contribution in [3.8, 4) is 11.5 Å². The molecule has 3 aromatic rings. The summed E-state index contributed by atoms with van der Waals surface area (Å²) >= 11 is 0. The van der Waals surface area contributed by atoms with Gasteiger partial charge in [-0.3, -0.25) is 9.78 Å². The second-order valence-electron chi connectivity index (χ2n) is 5.64. The Balaban J connectivity index is 1.83. The highest BCUT2D eigenvalue weighted by Crippen LogP contribution is 2.22. The van der Waals surface area contributed by atoms with E-state index in [9.17, 15) is 4.79 Å². The van der Waals surface area contributed by atoms with Gasteiger partial charge >= 0.3 is 0 Å². The molecule has 0 amide bonds. The van der Waals surface area contributed by atoms with Crippen LogP contribution in [0.5, 0.6) is 11.5 Å². The van der Waals surface area contributed by atoms with Gasteiger partial charge in [0.15, 0.2) is 11.5 Å². The zero-order chi connectivity index (χ0) is 17.6. The Kier molecular flexibility index (Phi) is 5.09. The molecule has 0 radical (unpaired) electrons. The lowest BCUT2D eigenvalue weighted by atomic mass is 10.1. The topological polar surface area (TPSA) is 77.9 Å². The van der Waals surface area contributed by atoms with Gasteiger partial charge in [0.25, 0.3) is 0 Å². The van der Waals surface area contributed by atoms with Crippen molar-refractivity contribution in [2.45, 2.75) is 26.7 Å². The number of carbonyl (C=O) groups is 1. The van der Waals surface area contributed by atoms with E-state index in [1.807, 2.05) is 32.0 Å². The Bertz CT molecular complexity index is 864. The van der Waals surface area contributed by atoms with Crippen LogP contribution in [0.15, 0.2) is 49.2 Å². The number of nitrogens with zero attached hydrogens (tertiary/aromatic N) is 4. The first-order valence-electron chi connectivity index (χ1n) is 8.02. The Morgan fingerprint density at radius 1 is 1.04 bits per heavy atom. The molecule has 0 aliphatic heterocycles. The lowest BCUT2D eigenvalue weighted by Crippen LogP contribution is -2.09. The molecular formula is C19H18N4O2. The summed E-state index contributed by atoms with van der Waals surface area (Å²) in [6, 6.07) is 7.25. The van der Waals surface area contributed by atoms with Crippen LogP contribution in [0.3, 0.4) is 0 Å². The minimum absolute atomic E-state index is 0.0965. The van der Waals surface area contributed by atoms with E-state index in [2.05, 4.69) is 19.9 Å². The molecule has 0 spiro atoms. The van der Waals surface area contributed by atoms with Crippen molar-refractivity contribution in [3.05, 3.63) is 71.8 Å². The highest BCUT2D eigenvalue weighted by Gasteiger charge is 2.13. The summed E-state index contributed by atoms with van der Waals surface area (Å²) in [7, 11) is 0. The summed E-state index contributed by atoms with van der Waals surface area (Å²) in [5.41, 5.74) is 2.93. The molecule has 0 saturated heterocycles. The summed E-state index contributed by atoms with van der Waals surface area (Å²) < 4.78 is 5.74.